The first-order valence-corrected chi connectivity index (χ1v) is 7.05. The van der Waals surface area contributed by atoms with Crippen molar-refractivity contribution >= 4 is 11.3 Å². The van der Waals surface area contributed by atoms with Crippen molar-refractivity contribution < 1.29 is 0 Å². The summed E-state index contributed by atoms with van der Waals surface area (Å²) in [5.41, 5.74) is 7.94. The molecule has 2 unspecified atom stereocenters. The van der Waals surface area contributed by atoms with E-state index < -0.39 is 0 Å². The van der Waals surface area contributed by atoms with Gasteiger partial charge in [0.15, 0.2) is 5.82 Å². The van der Waals surface area contributed by atoms with Crippen LogP contribution in [0.2, 0.25) is 0 Å². The lowest BCUT2D eigenvalue weighted by Crippen LogP contribution is -2.37. The van der Waals surface area contributed by atoms with Crippen molar-refractivity contribution in [1.29, 1.82) is 0 Å². The Morgan fingerprint density at radius 3 is 3.11 bits per heavy atom. The van der Waals surface area contributed by atoms with Crippen LogP contribution in [0.5, 0.6) is 0 Å². The fourth-order valence-electron chi connectivity index (χ4n) is 3.01. The molecule has 5 heteroatoms. The van der Waals surface area contributed by atoms with Gasteiger partial charge in [-0.2, -0.15) is 5.10 Å². The molecule has 0 bridgehead atoms. The molecule has 5 nitrogen and oxygen atoms in total. The number of aryl methyl sites for hydroxylation is 1. The topological polar surface area (TPSA) is 68.2 Å². The van der Waals surface area contributed by atoms with Crippen molar-refractivity contribution in [3.63, 3.8) is 0 Å². The number of fused-ring (bicyclic) bond motifs is 1. The zero-order valence-corrected chi connectivity index (χ0v) is 11.3. The summed E-state index contributed by atoms with van der Waals surface area (Å²) in [6.07, 6.45) is 8.64. The number of aromatic nitrogens is 3. The second-order valence-corrected chi connectivity index (χ2v) is 5.42. The van der Waals surface area contributed by atoms with Gasteiger partial charge in [0, 0.05) is 18.4 Å². The van der Waals surface area contributed by atoms with Crippen LogP contribution < -0.4 is 11.1 Å². The van der Waals surface area contributed by atoms with Gasteiger partial charge in [0.1, 0.15) is 5.52 Å². The van der Waals surface area contributed by atoms with E-state index >= 15 is 0 Å². The van der Waals surface area contributed by atoms with Gasteiger partial charge in [0.25, 0.3) is 0 Å². The van der Waals surface area contributed by atoms with Gasteiger partial charge in [-0.3, -0.25) is 0 Å². The van der Waals surface area contributed by atoms with Gasteiger partial charge in [0.2, 0.25) is 0 Å². The molecular formula is C14H21N5. The lowest BCUT2D eigenvalue weighted by Gasteiger charge is -2.31. The summed E-state index contributed by atoms with van der Waals surface area (Å²) < 4.78 is 1.88. The molecule has 3 rings (SSSR count). The predicted molar refractivity (Wildman–Crippen MR) is 76.1 cm³/mol. The lowest BCUT2D eigenvalue weighted by atomic mass is 9.84. The highest BCUT2D eigenvalue weighted by Gasteiger charge is 2.24. The number of hydrogen-bond acceptors (Lipinski definition) is 4. The fourth-order valence-corrected chi connectivity index (χ4v) is 3.01. The average molecular weight is 259 g/mol. The van der Waals surface area contributed by atoms with E-state index in [1.165, 1.54) is 25.7 Å². The van der Waals surface area contributed by atoms with E-state index in [4.69, 9.17) is 5.73 Å². The Balaban J connectivity index is 1.87. The van der Waals surface area contributed by atoms with Gasteiger partial charge in [-0.1, -0.05) is 12.8 Å². The standard InChI is InChI=1S/C14H21N5/c1-10-8-13-14(16-6-7-19(13)18-10)17-12-5-3-2-4-11(12)9-15/h6-8,11-12H,2-5,9,15H2,1H3,(H,16,17). The maximum atomic E-state index is 5.89. The second kappa shape index (κ2) is 5.17. The van der Waals surface area contributed by atoms with Crippen LogP contribution >= 0.6 is 0 Å². The summed E-state index contributed by atoms with van der Waals surface area (Å²) in [7, 11) is 0. The third-order valence-corrected chi connectivity index (χ3v) is 4.05. The van der Waals surface area contributed by atoms with Gasteiger partial charge < -0.3 is 11.1 Å². The molecule has 2 aromatic rings. The summed E-state index contributed by atoms with van der Waals surface area (Å²) in [6, 6.07) is 2.50. The SMILES string of the molecule is Cc1cc2c(NC3CCCCC3CN)nccn2n1. The Morgan fingerprint density at radius 2 is 2.26 bits per heavy atom. The van der Waals surface area contributed by atoms with Crippen molar-refractivity contribution in [1.82, 2.24) is 14.6 Å². The predicted octanol–water partition coefficient (Wildman–Crippen LogP) is 1.97. The summed E-state index contributed by atoms with van der Waals surface area (Å²) >= 11 is 0. The number of hydrogen-bond donors (Lipinski definition) is 2. The molecule has 1 fully saturated rings. The molecule has 1 aliphatic carbocycles. The molecule has 3 N–H and O–H groups in total. The lowest BCUT2D eigenvalue weighted by molar-refractivity contribution is 0.332. The Morgan fingerprint density at radius 1 is 1.42 bits per heavy atom. The molecule has 0 aromatic carbocycles. The molecule has 0 amide bonds. The zero-order valence-electron chi connectivity index (χ0n) is 11.3. The average Bonchev–Trinajstić information content (AvgIpc) is 2.81. The molecule has 0 saturated heterocycles. The monoisotopic (exact) mass is 259 g/mol. The normalized spacial score (nSPS) is 23.7. The first-order chi connectivity index (χ1) is 9.28. The van der Waals surface area contributed by atoms with E-state index in [1.54, 1.807) is 6.20 Å². The van der Waals surface area contributed by atoms with E-state index in [0.29, 0.717) is 12.0 Å². The molecule has 1 saturated carbocycles. The third-order valence-electron chi connectivity index (χ3n) is 4.05. The minimum absolute atomic E-state index is 0.438. The largest absolute Gasteiger partial charge is 0.365 e. The van der Waals surface area contributed by atoms with Crippen LogP contribution in [-0.2, 0) is 0 Å². The highest BCUT2D eigenvalue weighted by atomic mass is 15.2. The van der Waals surface area contributed by atoms with E-state index in [9.17, 15) is 0 Å². The molecule has 0 aliphatic heterocycles. The van der Waals surface area contributed by atoms with E-state index in [2.05, 4.69) is 21.5 Å². The summed E-state index contributed by atoms with van der Waals surface area (Å²) in [6.45, 7) is 2.75. The third kappa shape index (κ3) is 2.42. The summed E-state index contributed by atoms with van der Waals surface area (Å²) in [4.78, 5) is 4.47. The van der Waals surface area contributed by atoms with Crippen molar-refractivity contribution in [2.75, 3.05) is 11.9 Å². The van der Waals surface area contributed by atoms with Crippen LogP contribution in [0, 0.1) is 12.8 Å². The van der Waals surface area contributed by atoms with Crippen LogP contribution in [-0.4, -0.2) is 27.2 Å². The van der Waals surface area contributed by atoms with Crippen molar-refractivity contribution in [2.45, 2.75) is 38.6 Å². The number of nitrogens with one attached hydrogen (secondary N) is 1. The minimum Gasteiger partial charge on any atom is -0.365 e. The first kappa shape index (κ1) is 12.4. The van der Waals surface area contributed by atoms with Gasteiger partial charge in [-0.25, -0.2) is 9.50 Å². The number of anilines is 1. The van der Waals surface area contributed by atoms with Gasteiger partial charge in [0.05, 0.1) is 5.69 Å². The van der Waals surface area contributed by atoms with Crippen LogP contribution in [0.25, 0.3) is 5.52 Å². The van der Waals surface area contributed by atoms with E-state index in [1.807, 2.05) is 17.6 Å². The van der Waals surface area contributed by atoms with E-state index in [-0.39, 0.29) is 0 Å². The smallest absolute Gasteiger partial charge is 0.152 e. The molecule has 102 valence electrons. The summed E-state index contributed by atoms with van der Waals surface area (Å²) in [5.74, 6) is 1.48. The van der Waals surface area contributed by atoms with Crippen molar-refractivity contribution in [3.05, 3.63) is 24.2 Å². The zero-order chi connectivity index (χ0) is 13.2. The van der Waals surface area contributed by atoms with E-state index in [0.717, 1.165) is 23.6 Å². The van der Waals surface area contributed by atoms with Gasteiger partial charge in [-0.05, 0) is 38.3 Å². The number of nitrogens with two attached hydrogens (primary N) is 1. The molecule has 19 heavy (non-hydrogen) atoms. The van der Waals surface area contributed by atoms with Crippen LogP contribution in [0.3, 0.4) is 0 Å². The Bertz CT molecular complexity index is 562. The second-order valence-electron chi connectivity index (χ2n) is 5.42. The minimum atomic E-state index is 0.438. The first-order valence-electron chi connectivity index (χ1n) is 7.05. The van der Waals surface area contributed by atoms with Crippen molar-refractivity contribution in [2.24, 2.45) is 11.7 Å². The summed E-state index contributed by atoms with van der Waals surface area (Å²) in [5, 5.41) is 8.00. The number of nitrogens with zero attached hydrogens (tertiary/aromatic N) is 3. The Labute approximate surface area is 113 Å². The molecule has 2 heterocycles. The molecule has 2 aromatic heterocycles. The maximum Gasteiger partial charge on any atom is 0.152 e. The number of rotatable bonds is 3. The molecule has 0 spiro atoms. The van der Waals surface area contributed by atoms with Crippen LogP contribution in [0.1, 0.15) is 31.4 Å². The quantitative estimate of drug-likeness (QED) is 0.884. The Hall–Kier alpha value is -1.62. The Kier molecular flexibility index (Phi) is 3.38. The van der Waals surface area contributed by atoms with Gasteiger partial charge in [-0.15, -0.1) is 0 Å². The molecular weight excluding hydrogens is 238 g/mol. The van der Waals surface area contributed by atoms with Crippen molar-refractivity contribution in [3.8, 4) is 0 Å². The molecule has 0 radical (unpaired) electrons. The fraction of sp³-hybridized carbons (Fsp3) is 0.571. The molecule has 1 aliphatic rings. The maximum absolute atomic E-state index is 5.89. The van der Waals surface area contributed by atoms with Crippen LogP contribution in [0.4, 0.5) is 5.82 Å². The molecule has 2 atom stereocenters. The van der Waals surface area contributed by atoms with Crippen LogP contribution in [0.15, 0.2) is 18.5 Å². The highest BCUT2D eigenvalue weighted by Crippen LogP contribution is 2.27. The highest BCUT2D eigenvalue weighted by molar-refractivity contribution is 5.68. The van der Waals surface area contributed by atoms with Gasteiger partial charge >= 0.3 is 0 Å².